The minimum absolute atomic E-state index is 0.0142. The van der Waals surface area contributed by atoms with Gasteiger partial charge in [0.05, 0.1) is 20.7 Å². The highest BCUT2D eigenvalue weighted by atomic mass is 35.5. The van der Waals surface area contributed by atoms with Crippen LogP contribution in [0.3, 0.4) is 0 Å². The number of rotatable bonds is 6. The molecule has 1 rings (SSSR count). The predicted octanol–water partition coefficient (Wildman–Crippen LogP) is 3.47. The molecule has 0 saturated carbocycles. The summed E-state index contributed by atoms with van der Waals surface area (Å²) in [7, 11) is -0.860. The van der Waals surface area contributed by atoms with Crippen LogP contribution in [0.15, 0.2) is 12.1 Å². The number of nitro groups is 1. The molecule has 19 heavy (non-hydrogen) atoms. The summed E-state index contributed by atoms with van der Waals surface area (Å²) in [6.07, 6.45) is 2.32. The molecule has 0 aromatic heterocycles. The zero-order valence-electron chi connectivity index (χ0n) is 10.5. The van der Waals surface area contributed by atoms with Gasteiger partial charge in [0.2, 0.25) is 0 Å². The fourth-order valence-corrected chi connectivity index (χ4v) is 2.73. The molecular weight excluding hydrogens is 311 g/mol. The third-order valence-corrected chi connectivity index (χ3v) is 3.87. The largest absolute Gasteiger partial charge is 0.380 e. The Morgan fingerprint density at radius 2 is 1.95 bits per heavy atom. The van der Waals surface area contributed by atoms with Crippen LogP contribution in [0.5, 0.6) is 0 Å². The van der Waals surface area contributed by atoms with Gasteiger partial charge in [0.25, 0.3) is 5.69 Å². The monoisotopic (exact) mass is 324 g/mol. The molecule has 0 aliphatic heterocycles. The molecule has 0 heterocycles. The van der Waals surface area contributed by atoms with Crippen LogP contribution in [0.4, 0.5) is 11.4 Å². The van der Waals surface area contributed by atoms with Crippen molar-refractivity contribution in [3.8, 4) is 0 Å². The smallest absolute Gasteiger partial charge is 0.272 e. The van der Waals surface area contributed by atoms with E-state index in [1.54, 1.807) is 6.26 Å². The first-order chi connectivity index (χ1) is 8.81. The molecule has 1 aromatic rings. The average Bonchev–Trinajstić information content (AvgIpc) is 2.30. The van der Waals surface area contributed by atoms with Gasteiger partial charge < -0.3 is 5.32 Å². The van der Waals surface area contributed by atoms with E-state index in [1.807, 2.05) is 6.92 Å². The van der Waals surface area contributed by atoms with Gasteiger partial charge in [-0.05, 0) is 13.3 Å². The topological polar surface area (TPSA) is 72.2 Å². The van der Waals surface area contributed by atoms with Gasteiger partial charge in [0.15, 0.2) is 0 Å². The number of non-ortho nitro benzene ring substituents is 1. The summed E-state index contributed by atoms with van der Waals surface area (Å²) in [5, 5.41) is 14.1. The summed E-state index contributed by atoms with van der Waals surface area (Å²) in [6, 6.07) is 2.52. The van der Waals surface area contributed by atoms with E-state index in [0.29, 0.717) is 17.9 Å². The van der Waals surface area contributed by atoms with Crippen LogP contribution in [0.1, 0.15) is 13.3 Å². The second kappa shape index (κ2) is 7.07. The molecule has 0 fully saturated rings. The average molecular weight is 325 g/mol. The first-order valence-corrected chi connectivity index (χ1v) is 7.99. The van der Waals surface area contributed by atoms with Crippen LogP contribution >= 0.6 is 23.2 Å². The van der Waals surface area contributed by atoms with E-state index >= 15 is 0 Å². The molecule has 5 nitrogen and oxygen atoms in total. The van der Waals surface area contributed by atoms with Crippen molar-refractivity contribution in [2.24, 2.45) is 0 Å². The Morgan fingerprint density at radius 3 is 2.37 bits per heavy atom. The lowest BCUT2D eigenvalue weighted by molar-refractivity contribution is -0.384. The van der Waals surface area contributed by atoms with Crippen LogP contribution in [0, 0.1) is 10.1 Å². The fraction of sp³-hybridized carbons (Fsp3) is 0.455. The number of nitrogens with zero attached hydrogens (tertiary/aromatic N) is 1. The van der Waals surface area contributed by atoms with Gasteiger partial charge in [-0.2, -0.15) is 0 Å². The van der Waals surface area contributed by atoms with E-state index in [4.69, 9.17) is 23.2 Å². The first-order valence-electron chi connectivity index (χ1n) is 5.51. The second-order valence-corrected chi connectivity index (χ2v) is 6.52. The van der Waals surface area contributed by atoms with Gasteiger partial charge in [-0.3, -0.25) is 14.3 Å². The van der Waals surface area contributed by atoms with Gasteiger partial charge in [0.1, 0.15) is 0 Å². The van der Waals surface area contributed by atoms with Gasteiger partial charge in [-0.15, -0.1) is 0 Å². The molecule has 0 aliphatic carbocycles. The van der Waals surface area contributed by atoms with Crippen LogP contribution in [0.2, 0.25) is 10.0 Å². The Balaban J connectivity index is 2.84. The Labute approximate surface area is 123 Å². The first kappa shape index (κ1) is 16.2. The number of anilines is 1. The van der Waals surface area contributed by atoms with Crippen LogP contribution in [-0.4, -0.2) is 27.2 Å². The number of hydrogen-bond acceptors (Lipinski definition) is 4. The van der Waals surface area contributed by atoms with Crippen LogP contribution < -0.4 is 5.32 Å². The molecule has 8 heteroatoms. The minimum atomic E-state index is -0.860. The molecule has 0 radical (unpaired) electrons. The van der Waals surface area contributed by atoms with Gasteiger partial charge in [-0.1, -0.05) is 23.2 Å². The van der Waals surface area contributed by atoms with Crippen molar-refractivity contribution in [2.45, 2.75) is 19.4 Å². The standard InChI is InChI=1S/C11H14Cl2N2O3S/c1-7(3-4-19(2)18)14-11-9(12)5-8(15(16)17)6-10(11)13/h5-7,14H,3-4H2,1-2H3. The lowest BCUT2D eigenvalue weighted by Crippen LogP contribution is -2.18. The number of nitro benzene ring substituents is 1. The molecule has 0 bridgehead atoms. The Bertz CT molecular complexity index is 488. The highest BCUT2D eigenvalue weighted by molar-refractivity contribution is 7.84. The minimum Gasteiger partial charge on any atom is -0.380 e. The molecular formula is C11H14Cl2N2O3S. The summed E-state index contributed by atoms with van der Waals surface area (Å²) in [6.45, 7) is 1.90. The maximum absolute atomic E-state index is 11.0. The zero-order chi connectivity index (χ0) is 14.6. The third-order valence-electron chi connectivity index (χ3n) is 2.47. The van der Waals surface area contributed by atoms with Gasteiger partial charge >= 0.3 is 0 Å². The van der Waals surface area contributed by atoms with Crippen LogP contribution in [-0.2, 0) is 10.8 Å². The van der Waals surface area contributed by atoms with Crippen molar-refractivity contribution in [3.63, 3.8) is 0 Å². The number of hydrogen-bond donors (Lipinski definition) is 1. The highest BCUT2D eigenvalue weighted by Gasteiger charge is 2.16. The summed E-state index contributed by atoms with van der Waals surface area (Å²) in [4.78, 5) is 10.1. The Hall–Kier alpha value is -0.850. The molecule has 1 aromatic carbocycles. The zero-order valence-corrected chi connectivity index (χ0v) is 12.8. The lowest BCUT2D eigenvalue weighted by Gasteiger charge is -2.16. The van der Waals surface area contributed by atoms with Crippen molar-refractivity contribution in [2.75, 3.05) is 17.3 Å². The Kier molecular flexibility index (Phi) is 6.03. The van der Waals surface area contributed by atoms with E-state index in [9.17, 15) is 14.3 Å². The summed E-state index contributed by atoms with van der Waals surface area (Å²) in [5.41, 5.74) is 0.311. The van der Waals surface area contributed by atoms with Crippen molar-refractivity contribution in [3.05, 3.63) is 32.3 Å². The number of nitrogens with one attached hydrogen (secondary N) is 1. The van der Waals surface area contributed by atoms with E-state index < -0.39 is 15.7 Å². The maximum atomic E-state index is 11.0. The van der Waals surface area contributed by atoms with Crippen molar-refractivity contribution >= 4 is 45.4 Å². The summed E-state index contributed by atoms with van der Waals surface area (Å²) in [5.74, 6) is 0.566. The third kappa shape index (κ3) is 4.97. The number of halogens is 2. The SMILES string of the molecule is CC(CCS(C)=O)Nc1c(Cl)cc([N+](=O)[O-])cc1Cl. The molecule has 1 N–H and O–H groups in total. The van der Waals surface area contributed by atoms with Gasteiger partial charge in [0, 0.05) is 41.0 Å². The molecule has 0 amide bonds. The molecule has 2 unspecified atom stereocenters. The van der Waals surface area contributed by atoms with E-state index in [0.717, 1.165) is 0 Å². The molecule has 0 aliphatic rings. The maximum Gasteiger partial charge on any atom is 0.272 e. The fourth-order valence-electron chi connectivity index (χ4n) is 1.46. The van der Waals surface area contributed by atoms with Gasteiger partial charge in [-0.25, -0.2) is 0 Å². The lowest BCUT2D eigenvalue weighted by atomic mass is 10.2. The predicted molar refractivity (Wildman–Crippen MR) is 79.8 cm³/mol. The van der Waals surface area contributed by atoms with E-state index in [1.165, 1.54) is 12.1 Å². The molecule has 0 spiro atoms. The second-order valence-electron chi connectivity index (χ2n) is 4.15. The quantitative estimate of drug-likeness (QED) is 0.642. The highest BCUT2D eigenvalue weighted by Crippen LogP contribution is 2.35. The van der Waals surface area contributed by atoms with E-state index in [2.05, 4.69) is 5.32 Å². The van der Waals surface area contributed by atoms with Crippen molar-refractivity contribution in [1.82, 2.24) is 0 Å². The molecule has 2 atom stereocenters. The Morgan fingerprint density at radius 1 is 1.42 bits per heavy atom. The summed E-state index contributed by atoms with van der Waals surface area (Å²) >= 11 is 11.9. The number of benzene rings is 1. The van der Waals surface area contributed by atoms with Crippen LogP contribution in [0.25, 0.3) is 0 Å². The summed E-state index contributed by atoms with van der Waals surface area (Å²) < 4.78 is 11.0. The van der Waals surface area contributed by atoms with Crippen molar-refractivity contribution in [1.29, 1.82) is 0 Å². The van der Waals surface area contributed by atoms with Crippen molar-refractivity contribution < 1.29 is 9.13 Å². The van der Waals surface area contributed by atoms with E-state index in [-0.39, 0.29) is 21.8 Å². The normalized spacial score (nSPS) is 13.9. The molecule has 106 valence electrons. The molecule has 0 saturated heterocycles.